The predicted molar refractivity (Wildman–Crippen MR) is 137 cm³/mol. The van der Waals surface area contributed by atoms with Gasteiger partial charge in [-0.05, 0) is 55.1 Å². The number of piperazine rings is 1. The molecule has 3 heterocycles. The zero-order valence-electron chi connectivity index (χ0n) is 19.6. The molecule has 5 rings (SSSR count). The molecule has 0 unspecified atom stereocenters. The lowest BCUT2D eigenvalue weighted by Gasteiger charge is -2.34. The first-order valence-corrected chi connectivity index (χ1v) is 11.9. The Morgan fingerprint density at radius 3 is 2.09 bits per heavy atom. The van der Waals surface area contributed by atoms with Gasteiger partial charge in [-0.1, -0.05) is 12.1 Å². The number of amides is 1. The van der Waals surface area contributed by atoms with Crippen molar-refractivity contribution in [3.63, 3.8) is 0 Å². The van der Waals surface area contributed by atoms with E-state index in [1.807, 2.05) is 30.3 Å². The number of nitrogens with zero attached hydrogens (tertiary/aromatic N) is 4. The zero-order chi connectivity index (χ0) is 23.3. The Bertz CT molecular complexity index is 1100. The molecule has 2 aliphatic heterocycles. The van der Waals surface area contributed by atoms with E-state index in [0.29, 0.717) is 5.56 Å². The fourth-order valence-corrected chi connectivity index (χ4v) is 4.43. The molecule has 0 radical (unpaired) electrons. The first-order valence-electron chi connectivity index (χ1n) is 11.9. The highest BCUT2D eigenvalue weighted by Gasteiger charge is 2.15. The molecular weight excluding hydrogens is 426 g/mol. The van der Waals surface area contributed by atoms with E-state index in [2.05, 4.69) is 56.3 Å². The summed E-state index contributed by atoms with van der Waals surface area (Å²) < 4.78 is 5.42. The van der Waals surface area contributed by atoms with Crippen molar-refractivity contribution in [2.75, 3.05) is 74.6 Å². The summed E-state index contributed by atoms with van der Waals surface area (Å²) in [5.74, 6) is -0.164. The quantitative estimate of drug-likeness (QED) is 0.632. The van der Waals surface area contributed by atoms with Crippen molar-refractivity contribution >= 4 is 23.0 Å². The van der Waals surface area contributed by atoms with Crippen LogP contribution in [0.25, 0.3) is 11.1 Å². The van der Waals surface area contributed by atoms with Crippen molar-refractivity contribution in [2.24, 2.45) is 0 Å². The van der Waals surface area contributed by atoms with Gasteiger partial charge in [0, 0.05) is 74.3 Å². The summed E-state index contributed by atoms with van der Waals surface area (Å²) in [7, 11) is 2.16. The van der Waals surface area contributed by atoms with Crippen LogP contribution >= 0.6 is 0 Å². The average Bonchev–Trinajstić information content (AvgIpc) is 2.90. The molecule has 1 amide bonds. The first kappa shape index (κ1) is 22.4. The summed E-state index contributed by atoms with van der Waals surface area (Å²) in [6, 6.07) is 18.4. The van der Waals surface area contributed by atoms with Crippen LogP contribution in [0.3, 0.4) is 0 Å². The van der Waals surface area contributed by atoms with Crippen molar-refractivity contribution in [3.8, 4) is 11.1 Å². The highest BCUT2D eigenvalue weighted by molar-refractivity contribution is 6.04. The van der Waals surface area contributed by atoms with Crippen molar-refractivity contribution < 1.29 is 9.53 Å². The van der Waals surface area contributed by atoms with Gasteiger partial charge in [-0.25, -0.2) is 0 Å². The highest BCUT2D eigenvalue weighted by Crippen LogP contribution is 2.25. The number of benzene rings is 2. The molecule has 1 aromatic heterocycles. The van der Waals surface area contributed by atoms with Crippen LogP contribution in [0.5, 0.6) is 0 Å². The van der Waals surface area contributed by atoms with Gasteiger partial charge in [0.25, 0.3) is 5.91 Å². The number of hydrogen-bond donors (Lipinski definition) is 1. The Morgan fingerprint density at radius 2 is 1.41 bits per heavy atom. The normalized spacial score (nSPS) is 17.0. The van der Waals surface area contributed by atoms with Gasteiger partial charge in [-0.2, -0.15) is 0 Å². The predicted octanol–water partition coefficient (Wildman–Crippen LogP) is 3.59. The first-order chi connectivity index (χ1) is 16.7. The Morgan fingerprint density at radius 1 is 0.794 bits per heavy atom. The fraction of sp³-hybridized carbons (Fsp3) is 0.333. The monoisotopic (exact) mass is 457 g/mol. The third-order valence-electron chi connectivity index (χ3n) is 6.57. The van der Waals surface area contributed by atoms with Gasteiger partial charge in [-0.3, -0.25) is 9.78 Å². The molecule has 176 valence electrons. The van der Waals surface area contributed by atoms with E-state index in [9.17, 15) is 4.79 Å². The smallest absolute Gasteiger partial charge is 0.257 e. The number of morpholine rings is 1. The number of nitrogens with one attached hydrogen (secondary N) is 1. The summed E-state index contributed by atoms with van der Waals surface area (Å²) in [5, 5.41) is 2.99. The maximum Gasteiger partial charge on any atom is 0.257 e. The van der Waals surface area contributed by atoms with Crippen LogP contribution in [0.15, 0.2) is 67.0 Å². The number of ether oxygens (including phenoxy) is 1. The summed E-state index contributed by atoms with van der Waals surface area (Å²) in [6.45, 7) is 7.53. The van der Waals surface area contributed by atoms with Crippen LogP contribution in [-0.4, -0.2) is 75.3 Å². The van der Waals surface area contributed by atoms with Crippen molar-refractivity contribution in [1.29, 1.82) is 0 Å². The SMILES string of the molecule is CN1CCN(c2ccc(-c3cncc(C(=O)Nc4ccc(N5CCOCC5)cc4)c3)cc2)CC1. The van der Waals surface area contributed by atoms with Gasteiger partial charge in [0.2, 0.25) is 0 Å². The zero-order valence-corrected chi connectivity index (χ0v) is 19.6. The molecule has 0 spiro atoms. The van der Waals surface area contributed by atoms with Crippen molar-refractivity contribution in [1.82, 2.24) is 9.88 Å². The van der Waals surface area contributed by atoms with E-state index in [1.165, 1.54) is 5.69 Å². The summed E-state index contributed by atoms with van der Waals surface area (Å²) in [6.07, 6.45) is 3.41. The van der Waals surface area contributed by atoms with Crippen molar-refractivity contribution in [2.45, 2.75) is 0 Å². The van der Waals surface area contributed by atoms with Gasteiger partial charge in [0.15, 0.2) is 0 Å². The minimum atomic E-state index is -0.164. The number of pyridine rings is 1. The maximum atomic E-state index is 12.9. The van der Waals surface area contributed by atoms with Gasteiger partial charge in [0.05, 0.1) is 18.8 Å². The molecule has 3 aromatic rings. The number of carbonyl (C=O) groups is 1. The fourth-order valence-electron chi connectivity index (χ4n) is 4.43. The van der Waals surface area contributed by atoms with Crippen LogP contribution in [0, 0.1) is 0 Å². The van der Waals surface area contributed by atoms with Crippen LogP contribution in [0.1, 0.15) is 10.4 Å². The van der Waals surface area contributed by atoms with E-state index in [4.69, 9.17) is 4.74 Å². The molecule has 0 aliphatic carbocycles. The second-order valence-electron chi connectivity index (χ2n) is 8.90. The standard InChI is InChI=1S/C27H31N5O2/c1-30-10-12-31(13-11-30)25-6-2-21(3-7-25)22-18-23(20-28-19-22)27(33)29-24-4-8-26(9-5-24)32-14-16-34-17-15-32/h2-9,18-20H,10-17H2,1H3,(H,29,33). The van der Waals surface area contributed by atoms with Crippen LogP contribution < -0.4 is 15.1 Å². The van der Waals surface area contributed by atoms with Gasteiger partial charge >= 0.3 is 0 Å². The van der Waals surface area contributed by atoms with Crippen LogP contribution in [-0.2, 0) is 4.74 Å². The molecule has 2 fully saturated rings. The highest BCUT2D eigenvalue weighted by atomic mass is 16.5. The maximum absolute atomic E-state index is 12.9. The minimum absolute atomic E-state index is 0.164. The minimum Gasteiger partial charge on any atom is -0.378 e. The van der Waals surface area contributed by atoms with E-state index >= 15 is 0 Å². The Labute approximate surface area is 201 Å². The molecule has 7 nitrogen and oxygen atoms in total. The lowest BCUT2D eigenvalue weighted by Crippen LogP contribution is -2.44. The molecule has 7 heteroatoms. The second-order valence-corrected chi connectivity index (χ2v) is 8.90. The Kier molecular flexibility index (Phi) is 6.74. The number of anilines is 3. The van der Waals surface area contributed by atoms with Crippen LogP contribution in [0.4, 0.5) is 17.1 Å². The molecule has 0 atom stereocenters. The van der Waals surface area contributed by atoms with Gasteiger partial charge in [-0.15, -0.1) is 0 Å². The molecule has 2 saturated heterocycles. The Balaban J connectivity index is 1.24. The number of carbonyl (C=O) groups excluding carboxylic acids is 1. The molecule has 2 aliphatic rings. The molecule has 2 aromatic carbocycles. The number of aromatic nitrogens is 1. The van der Waals surface area contributed by atoms with Crippen LogP contribution in [0.2, 0.25) is 0 Å². The second kappa shape index (κ2) is 10.2. The third-order valence-corrected chi connectivity index (χ3v) is 6.57. The summed E-state index contributed by atoms with van der Waals surface area (Å²) >= 11 is 0. The van der Waals surface area contributed by atoms with E-state index in [0.717, 1.165) is 75.0 Å². The molecule has 1 N–H and O–H groups in total. The largest absolute Gasteiger partial charge is 0.378 e. The van der Waals surface area contributed by atoms with E-state index < -0.39 is 0 Å². The molecule has 0 bridgehead atoms. The summed E-state index contributed by atoms with van der Waals surface area (Å²) in [4.78, 5) is 24.3. The average molecular weight is 458 g/mol. The van der Waals surface area contributed by atoms with Crippen molar-refractivity contribution in [3.05, 3.63) is 72.6 Å². The lowest BCUT2D eigenvalue weighted by atomic mass is 10.0. The lowest BCUT2D eigenvalue weighted by molar-refractivity contribution is 0.102. The third kappa shape index (κ3) is 5.21. The molecule has 34 heavy (non-hydrogen) atoms. The number of hydrogen-bond acceptors (Lipinski definition) is 6. The summed E-state index contributed by atoms with van der Waals surface area (Å²) in [5.41, 5.74) is 5.67. The van der Waals surface area contributed by atoms with E-state index in [1.54, 1.807) is 12.4 Å². The topological polar surface area (TPSA) is 60.9 Å². The number of rotatable bonds is 5. The van der Waals surface area contributed by atoms with E-state index in [-0.39, 0.29) is 5.91 Å². The van der Waals surface area contributed by atoms with Gasteiger partial charge < -0.3 is 24.8 Å². The van der Waals surface area contributed by atoms with Gasteiger partial charge in [0.1, 0.15) is 0 Å². The number of likely N-dealkylation sites (N-methyl/N-ethyl adjacent to an activating group) is 1. The molecule has 0 saturated carbocycles. The Hall–Kier alpha value is -3.42. The molecular formula is C27H31N5O2.